The smallest absolute Gasteiger partial charge is 0.296 e. The van der Waals surface area contributed by atoms with E-state index >= 15 is 0 Å². The third-order valence-corrected chi connectivity index (χ3v) is 3.96. The average Bonchev–Trinajstić information content (AvgIpc) is 2.35. The molecular weight excluding hydrogens is 276 g/mol. The molecule has 0 saturated carbocycles. The van der Waals surface area contributed by atoms with Crippen LogP contribution in [-0.4, -0.2) is 40.0 Å². The lowest BCUT2D eigenvalue weighted by Gasteiger charge is -2.30. The van der Waals surface area contributed by atoms with Gasteiger partial charge in [0.05, 0.1) is 5.69 Å². The largest absolute Gasteiger partial charge is 0.385 e. The Kier molecular flexibility index (Phi) is 4.85. The van der Waals surface area contributed by atoms with Crippen molar-refractivity contribution in [3.8, 4) is 0 Å². The summed E-state index contributed by atoms with van der Waals surface area (Å²) < 4.78 is 24.3. The molecule has 1 saturated heterocycles. The molecule has 0 aliphatic carbocycles. The lowest BCUT2D eigenvalue weighted by Crippen LogP contribution is -2.35. The summed E-state index contributed by atoms with van der Waals surface area (Å²) in [5, 5.41) is 8.32. The van der Waals surface area contributed by atoms with Crippen molar-refractivity contribution in [2.24, 2.45) is 11.1 Å². The second-order valence-electron chi connectivity index (χ2n) is 5.38. The zero-order valence-electron chi connectivity index (χ0n) is 11.7. The number of likely N-dealkylation sites (tertiary alicyclic amines) is 1. The fraction of sp³-hybridized carbons (Fsp3) is 0.538. The molecule has 1 atom stereocenters. The monoisotopic (exact) mass is 298 g/mol. The van der Waals surface area contributed by atoms with Crippen LogP contribution in [-0.2, 0) is 10.2 Å². The Hall–Kier alpha value is -1.31. The first kappa shape index (κ1) is 15.1. The minimum atomic E-state index is -3.72. The van der Waals surface area contributed by atoms with Crippen LogP contribution >= 0.6 is 0 Å². The molecule has 1 aromatic rings. The molecule has 1 unspecified atom stereocenters. The van der Waals surface area contributed by atoms with Crippen LogP contribution in [0.25, 0.3) is 0 Å². The van der Waals surface area contributed by atoms with Crippen molar-refractivity contribution in [3.05, 3.63) is 24.3 Å². The molecule has 6 nitrogen and oxygen atoms in total. The molecule has 1 aromatic carbocycles. The predicted octanol–water partition coefficient (Wildman–Crippen LogP) is 1.06. The van der Waals surface area contributed by atoms with Gasteiger partial charge in [0.15, 0.2) is 0 Å². The molecule has 0 spiro atoms. The van der Waals surface area contributed by atoms with E-state index in [1.54, 1.807) is 18.2 Å². The molecule has 7 heteroatoms. The zero-order chi connectivity index (χ0) is 14.6. The Morgan fingerprint density at radius 2 is 2.15 bits per heavy atom. The standard InChI is InChI=1S/C13H22N4O2S/c1-17-7-3-4-11(10-17)9-15-12-5-2-6-13(8-12)16-20(14,18)19/h2,5-6,8,11,15-16H,3-4,7,9-10H2,1H3,(H2,14,18,19). The SMILES string of the molecule is CN1CCCC(CNc2cccc(NS(N)(=O)=O)c2)C1. The molecular formula is C13H22N4O2S. The van der Waals surface area contributed by atoms with Crippen LogP contribution in [0.15, 0.2) is 24.3 Å². The number of piperidine rings is 1. The van der Waals surface area contributed by atoms with Gasteiger partial charge in [0.2, 0.25) is 0 Å². The first-order valence-electron chi connectivity index (χ1n) is 6.75. The summed E-state index contributed by atoms with van der Waals surface area (Å²) in [6.45, 7) is 3.16. The number of anilines is 2. The Morgan fingerprint density at radius 3 is 2.85 bits per heavy atom. The highest BCUT2D eigenvalue weighted by Gasteiger charge is 2.16. The third-order valence-electron chi connectivity index (χ3n) is 3.44. The van der Waals surface area contributed by atoms with Crippen LogP contribution in [0.4, 0.5) is 11.4 Å². The molecule has 0 amide bonds. The van der Waals surface area contributed by atoms with E-state index in [0.29, 0.717) is 11.6 Å². The Morgan fingerprint density at radius 1 is 1.40 bits per heavy atom. The highest BCUT2D eigenvalue weighted by atomic mass is 32.2. The van der Waals surface area contributed by atoms with E-state index in [-0.39, 0.29) is 0 Å². The van der Waals surface area contributed by atoms with Crippen LogP contribution in [0.5, 0.6) is 0 Å². The predicted molar refractivity (Wildman–Crippen MR) is 81.9 cm³/mol. The molecule has 1 aliphatic heterocycles. The summed E-state index contributed by atoms with van der Waals surface area (Å²) in [6, 6.07) is 7.13. The van der Waals surface area contributed by atoms with E-state index in [0.717, 1.165) is 18.8 Å². The number of hydrogen-bond acceptors (Lipinski definition) is 4. The van der Waals surface area contributed by atoms with Gasteiger partial charge in [-0.05, 0) is 50.6 Å². The molecule has 0 bridgehead atoms. The summed E-state index contributed by atoms with van der Waals surface area (Å²) in [4.78, 5) is 2.34. The molecule has 20 heavy (non-hydrogen) atoms. The van der Waals surface area contributed by atoms with E-state index < -0.39 is 10.2 Å². The molecule has 0 aromatic heterocycles. The fourth-order valence-electron chi connectivity index (χ4n) is 2.56. The second-order valence-corrected chi connectivity index (χ2v) is 6.67. The van der Waals surface area contributed by atoms with Gasteiger partial charge in [-0.2, -0.15) is 8.42 Å². The van der Waals surface area contributed by atoms with Crippen molar-refractivity contribution in [1.82, 2.24) is 4.90 Å². The number of nitrogens with one attached hydrogen (secondary N) is 2. The van der Waals surface area contributed by atoms with Gasteiger partial charge in [-0.25, -0.2) is 5.14 Å². The minimum Gasteiger partial charge on any atom is -0.385 e. The molecule has 1 aliphatic rings. The third kappa shape index (κ3) is 4.99. The summed E-state index contributed by atoms with van der Waals surface area (Å²) in [5.74, 6) is 0.628. The molecule has 1 fully saturated rings. The lowest BCUT2D eigenvalue weighted by molar-refractivity contribution is 0.217. The average molecular weight is 298 g/mol. The van der Waals surface area contributed by atoms with E-state index in [2.05, 4.69) is 22.0 Å². The number of hydrogen-bond donors (Lipinski definition) is 3. The maximum atomic E-state index is 11.0. The highest BCUT2D eigenvalue weighted by Crippen LogP contribution is 2.19. The van der Waals surface area contributed by atoms with Gasteiger partial charge in [-0.15, -0.1) is 0 Å². The summed E-state index contributed by atoms with van der Waals surface area (Å²) in [7, 11) is -1.58. The van der Waals surface area contributed by atoms with E-state index in [9.17, 15) is 8.42 Å². The molecule has 1 heterocycles. The molecule has 0 radical (unpaired) electrons. The van der Waals surface area contributed by atoms with Crippen LogP contribution in [0.3, 0.4) is 0 Å². The van der Waals surface area contributed by atoms with Gasteiger partial charge >= 0.3 is 0 Å². The minimum absolute atomic E-state index is 0.471. The van der Waals surface area contributed by atoms with Gasteiger partial charge in [0.25, 0.3) is 10.2 Å². The van der Waals surface area contributed by atoms with Crippen molar-refractivity contribution in [2.75, 3.05) is 36.7 Å². The first-order chi connectivity index (χ1) is 9.42. The Balaban J connectivity index is 1.91. The van der Waals surface area contributed by atoms with Gasteiger partial charge < -0.3 is 10.2 Å². The van der Waals surface area contributed by atoms with E-state index in [1.807, 2.05) is 6.07 Å². The summed E-state index contributed by atoms with van der Waals surface area (Å²) in [5.41, 5.74) is 1.37. The number of rotatable bonds is 5. The maximum absolute atomic E-state index is 11.0. The second kappa shape index (κ2) is 6.43. The van der Waals surface area contributed by atoms with Gasteiger partial charge in [0.1, 0.15) is 0 Å². The van der Waals surface area contributed by atoms with Crippen molar-refractivity contribution in [3.63, 3.8) is 0 Å². The zero-order valence-corrected chi connectivity index (χ0v) is 12.5. The summed E-state index contributed by atoms with van der Waals surface area (Å²) in [6.07, 6.45) is 2.46. The maximum Gasteiger partial charge on any atom is 0.296 e. The topological polar surface area (TPSA) is 87.5 Å². The van der Waals surface area contributed by atoms with E-state index in [1.165, 1.54) is 19.4 Å². The van der Waals surface area contributed by atoms with E-state index in [4.69, 9.17) is 5.14 Å². The summed E-state index contributed by atoms with van der Waals surface area (Å²) >= 11 is 0. The van der Waals surface area contributed by atoms with Crippen molar-refractivity contribution in [2.45, 2.75) is 12.8 Å². The van der Waals surface area contributed by atoms with Gasteiger partial charge in [-0.3, -0.25) is 4.72 Å². The Bertz CT molecular complexity index is 547. The molecule has 2 rings (SSSR count). The van der Waals surface area contributed by atoms with Crippen molar-refractivity contribution >= 4 is 21.6 Å². The normalized spacial score (nSPS) is 20.6. The Labute approximate surface area is 120 Å². The van der Waals surface area contributed by atoms with Crippen molar-refractivity contribution in [1.29, 1.82) is 0 Å². The van der Waals surface area contributed by atoms with Crippen LogP contribution in [0.1, 0.15) is 12.8 Å². The fourth-order valence-corrected chi connectivity index (χ4v) is 3.01. The van der Waals surface area contributed by atoms with Crippen molar-refractivity contribution < 1.29 is 8.42 Å². The van der Waals surface area contributed by atoms with Gasteiger partial charge in [-0.1, -0.05) is 6.07 Å². The van der Waals surface area contributed by atoms with Gasteiger partial charge in [0, 0.05) is 18.8 Å². The number of benzene rings is 1. The molecule has 4 N–H and O–H groups in total. The quantitative estimate of drug-likeness (QED) is 0.758. The molecule has 112 valence electrons. The number of nitrogens with two attached hydrogens (primary N) is 1. The number of nitrogens with zero attached hydrogens (tertiary/aromatic N) is 1. The first-order valence-corrected chi connectivity index (χ1v) is 8.30. The van der Waals surface area contributed by atoms with Crippen LogP contribution < -0.4 is 15.2 Å². The highest BCUT2D eigenvalue weighted by molar-refractivity contribution is 7.90. The lowest BCUT2D eigenvalue weighted by atomic mass is 9.98. The van der Waals surface area contributed by atoms with Crippen LogP contribution in [0, 0.1) is 5.92 Å². The van der Waals surface area contributed by atoms with Crippen LogP contribution in [0.2, 0.25) is 0 Å².